The summed E-state index contributed by atoms with van der Waals surface area (Å²) in [6.45, 7) is 2.72. The molecule has 1 unspecified atom stereocenters. The number of amides is 2. The van der Waals surface area contributed by atoms with Crippen molar-refractivity contribution < 1.29 is 9.59 Å². The van der Waals surface area contributed by atoms with Crippen LogP contribution < -0.4 is 5.73 Å². The Morgan fingerprint density at radius 2 is 2.19 bits per heavy atom. The maximum atomic E-state index is 12.6. The number of aromatic nitrogens is 1. The van der Waals surface area contributed by atoms with Crippen molar-refractivity contribution in [1.29, 1.82) is 0 Å². The lowest BCUT2D eigenvalue weighted by atomic mass is 10.0. The van der Waals surface area contributed by atoms with Crippen LogP contribution in [0.4, 0.5) is 0 Å². The van der Waals surface area contributed by atoms with E-state index in [4.69, 9.17) is 5.73 Å². The van der Waals surface area contributed by atoms with E-state index in [1.54, 1.807) is 17.4 Å². The molecular weight excluding hydrogens is 286 g/mol. The van der Waals surface area contributed by atoms with Gasteiger partial charge in [0.25, 0.3) is 5.91 Å². The zero-order valence-corrected chi connectivity index (χ0v) is 12.4. The second kappa shape index (κ2) is 5.29. The van der Waals surface area contributed by atoms with Crippen LogP contribution in [-0.4, -0.2) is 28.2 Å². The fourth-order valence-corrected chi connectivity index (χ4v) is 3.56. The summed E-state index contributed by atoms with van der Waals surface area (Å²) in [6.07, 6.45) is 2.22. The van der Waals surface area contributed by atoms with Gasteiger partial charge >= 0.3 is 0 Å². The van der Waals surface area contributed by atoms with E-state index in [1.807, 2.05) is 11.8 Å². The molecule has 6 heteroatoms. The Hall–Kier alpha value is -2.21. The van der Waals surface area contributed by atoms with Gasteiger partial charge in [-0.3, -0.25) is 14.6 Å². The van der Waals surface area contributed by atoms with Crippen LogP contribution in [0.25, 0.3) is 0 Å². The summed E-state index contributed by atoms with van der Waals surface area (Å²) in [5, 5.41) is 2.06. The molecule has 2 amide bonds. The molecule has 0 aromatic carbocycles. The highest BCUT2D eigenvalue weighted by Gasteiger charge is 2.29. The van der Waals surface area contributed by atoms with E-state index in [-0.39, 0.29) is 11.9 Å². The fourth-order valence-electron chi connectivity index (χ4n) is 2.60. The number of hydrogen-bond donors (Lipinski definition) is 1. The topological polar surface area (TPSA) is 76.3 Å². The van der Waals surface area contributed by atoms with Crippen LogP contribution in [-0.2, 0) is 6.42 Å². The van der Waals surface area contributed by atoms with Crippen LogP contribution >= 0.6 is 11.3 Å². The lowest BCUT2D eigenvalue weighted by molar-refractivity contribution is 0.0673. The Morgan fingerprint density at radius 3 is 2.86 bits per heavy atom. The van der Waals surface area contributed by atoms with Crippen LogP contribution in [0.15, 0.2) is 29.8 Å². The summed E-state index contributed by atoms with van der Waals surface area (Å²) in [4.78, 5) is 30.8. The van der Waals surface area contributed by atoms with Crippen molar-refractivity contribution in [3.63, 3.8) is 0 Å². The molecule has 0 aliphatic carbocycles. The van der Waals surface area contributed by atoms with E-state index in [1.165, 1.54) is 22.7 Å². The van der Waals surface area contributed by atoms with E-state index < -0.39 is 5.91 Å². The van der Waals surface area contributed by atoms with Crippen molar-refractivity contribution in [2.45, 2.75) is 19.4 Å². The van der Waals surface area contributed by atoms with E-state index in [0.717, 1.165) is 6.42 Å². The molecule has 1 atom stereocenters. The first-order valence-corrected chi connectivity index (χ1v) is 7.59. The molecule has 0 fully saturated rings. The minimum atomic E-state index is -0.546. The summed E-state index contributed by atoms with van der Waals surface area (Å²) >= 11 is 1.74. The smallest absolute Gasteiger partial charge is 0.272 e. The minimum absolute atomic E-state index is 0.0464. The molecule has 2 aromatic rings. The van der Waals surface area contributed by atoms with Gasteiger partial charge in [0.2, 0.25) is 5.91 Å². The van der Waals surface area contributed by atoms with Gasteiger partial charge in [-0.25, -0.2) is 0 Å². The van der Waals surface area contributed by atoms with Gasteiger partial charge in [-0.2, -0.15) is 0 Å². The maximum Gasteiger partial charge on any atom is 0.272 e. The molecule has 3 rings (SSSR count). The van der Waals surface area contributed by atoms with Crippen molar-refractivity contribution in [2.75, 3.05) is 6.54 Å². The average molecular weight is 301 g/mol. The van der Waals surface area contributed by atoms with Gasteiger partial charge in [0.05, 0.1) is 11.6 Å². The summed E-state index contributed by atoms with van der Waals surface area (Å²) in [5.74, 6) is -0.661. The van der Waals surface area contributed by atoms with Gasteiger partial charge < -0.3 is 10.6 Å². The monoisotopic (exact) mass is 301 g/mol. The quantitative estimate of drug-likeness (QED) is 0.921. The SMILES string of the molecule is CC1c2ccsc2CCN1C(=O)c1ccc(C(N)=O)cn1. The first-order valence-electron chi connectivity index (χ1n) is 6.71. The second-order valence-electron chi connectivity index (χ2n) is 5.02. The molecule has 2 N–H and O–H groups in total. The standard InChI is InChI=1S/C15H15N3O2S/c1-9-11-5-7-21-13(11)4-6-18(9)15(20)12-3-2-10(8-17-12)14(16)19/h2-3,5,7-9H,4,6H2,1H3,(H2,16,19). The number of thiophene rings is 1. The summed E-state index contributed by atoms with van der Waals surface area (Å²) in [5.41, 5.74) is 7.03. The molecule has 0 bridgehead atoms. The maximum absolute atomic E-state index is 12.6. The second-order valence-corrected chi connectivity index (χ2v) is 6.02. The van der Waals surface area contributed by atoms with Crippen LogP contribution in [0, 0.1) is 0 Å². The first-order chi connectivity index (χ1) is 10.1. The minimum Gasteiger partial charge on any atom is -0.366 e. The van der Waals surface area contributed by atoms with Crippen molar-refractivity contribution in [3.8, 4) is 0 Å². The van der Waals surface area contributed by atoms with Crippen molar-refractivity contribution in [1.82, 2.24) is 9.88 Å². The predicted octanol–water partition coefficient (Wildman–Crippen LogP) is 2.00. The highest BCUT2D eigenvalue weighted by molar-refractivity contribution is 7.10. The van der Waals surface area contributed by atoms with Crippen LogP contribution in [0.3, 0.4) is 0 Å². The summed E-state index contributed by atoms with van der Waals surface area (Å²) in [7, 11) is 0. The number of nitrogens with two attached hydrogens (primary N) is 1. The summed E-state index contributed by atoms with van der Waals surface area (Å²) < 4.78 is 0. The number of carbonyl (C=O) groups excluding carboxylic acids is 2. The number of nitrogens with zero attached hydrogens (tertiary/aromatic N) is 2. The van der Waals surface area contributed by atoms with Crippen molar-refractivity contribution in [2.24, 2.45) is 5.73 Å². The number of rotatable bonds is 2. The van der Waals surface area contributed by atoms with Crippen LogP contribution in [0.2, 0.25) is 0 Å². The molecule has 1 aliphatic heterocycles. The molecular formula is C15H15N3O2S. The van der Waals surface area contributed by atoms with E-state index >= 15 is 0 Å². The third-order valence-corrected chi connectivity index (χ3v) is 4.80. The molecule has 3 heterocycles. The third kappa shape index (κ3) is 2.42. The highest BCUT2D eigenvalue weighted by atomic mass is 32.1. The number of pyridine rings is 1. The number of fused-ring (bicyclic) bond motifs is 1. The van der Waals surface area contributed by atoms with Gasteiger partial charge in [-0.05, 0) is 42.5 Å². The molecule has 108 valence electrons. The van der Waals surface area contributed by atoms with Gasteiger partial charge in [0.15, 0.2) is 0 Å². The average Bonchev–Trinajstić information content (AvgIpc) is 2.96. The molecule has 0 radical (unpaired) electrons. The van der Waals surface area contributed by atoms with Crippen LogP contribution in [0.1, 0.15) is 44.3 Å². The Morgan fingerprint density at radius 1 is 1.38 bits per heavy atom. The van der Waals surface area contributed by atoms with Crippen molar-refractivity contribution in [3.05, 3.63) is 51.5 Å². The van der Waals surface area contributed by atoms with Gasteiger partial charge in [-0.1, -0.05) is 0 Å². The lowest BCUT2D eigenvalue weighted by Gasteiger charge is -2.33. The zero-order chi connectivity index (χ0) is 15.0. The molecule has 21 heavy (non-hydrogen) atoms. The van der Waals surface area contributed by atoms with E-state index in [9.17, 15) is 9.59 Å². The molecule has 0 saturated heterocycles. The zero-order valence-electron chi connectivity index (χ0n) is 11.6. The molecule has 0 saturated carbocycles. The Bertz CT molecular complexity index is 693. The fraction of sp³-hybridized carbons (Fsp3) is 0.267. The molecule has 1 aliphatic rings. The van der Waals surface area contributed by atoms with Crippen LogP contribution in [0.5, 0.6) is 0 Å². The Labute approximate surface area is 126 Å². The van der Waals surface area contributed by atoms with Crippen molar-refractivity contribution >= 4 is 23.2 Å². The van der Waals surface area contributed by atoms with Gasteiger partial charge in [0.1, 0.15) is 5.69 Å². The van der Waals surface area contributed by atoms with Gasteiger partial charge in [0, 0.05) is 17.6 Å². The largest absolute Gasteiger partial charge is 0.366 e. The number of hydrogen-bond acceptors (Lipinski definition) is 4. The molecule has 5 nitrogen and oxygen atoms in total. The molecule has 0 spiro atoms. The lowest BCUT2D eigenvalue weighted by Crippen LogP contribution is -2.38. The third-order valence-electron chi connectivity index (χ3n) is 3.81. The Kier molecular flexibility index (Phi) is 3.47. The summed E-state index contributed by atoms with van der Waals surface area (Å²) in [6, 6.07) is 5.21. The number of carbonyl (C=O) groups is 2. The molecule has 2 aromatic heterocycles. The highest BCUT2D eigenvalue weighted by Crippen LogP contribution is 2.33. The Balaban J connectivity index is 1.84. The van der Waals surface area contributed by atoms with Gasteiger partial charge in [-0.15, -0.1) is 11.3 Å². The first kappa shape index (κ1) is 13.8. The normalized spacial score (nSPS) is 17.4. The van der Waals surface area contributed by atoms with E-state index in [2.05, 4.69) is 16.4 Å². The number of primary amides is 1. The predicted molar refractivity (Wildman–Crippen MR) is 80.2 cm³/mol. The van der Waals surface area contributed by atoms with E-state index in [0.29, 0.717) is 17.8 Å².